The first-order chi connectivity index (χ1) is 13.3. The molecule has 0 radical (unpaired) electrons. The Balaban J connectivity index is 1.39. The summed E-state index contributed by atoms with van der Waals surface area (Å²) < 4.78 is 24.5. The van der Waals surface area contributed by atoms with Crippen LogP contribution < -0.4 is 5.32 Å². The van der Waals surface area contributed by atoms with Gasteiger partial charge in [0.05, 0.1) is 6.04 Å². The number of aromatic nitrogens is 1. The van der Waals surface area contributed by atoms with Gasteiger partial charge in [0.15, 0.2) is 5.76 Å². The van der Waals surface area contributed by atoms with Gasteiger partial charge in [0.2, 0.25) is 0 Å². The minimum absolute atomic E-state index is 0.000290. The molecule has 0 bridgehead atoms. The van der Waals surface area contributed by atoms with Crippen LogP contribution in [0.2, 0.25) is 0 Å². The van der Waals surface area contributed by atoms with Crippen LogP contribution in [0.4, 0.5) is 4.39 Å². The Kier molecular flexibility index (Phi) is 5.39. The number of benzene rings is 1. The smallest absolute Gasteiger partial charge is 0.159 e. The summed E-state index contributed by atoms with van der Waals surface area (Å²) in [6, 6.07) is 4.86. The summed E-state index contributed by atoms with van der Waals surface area (Å²) in [6.45, 7) is 0.818. The minimum Gasteiger partial charge on any atom is -0.466 e. The molecule has 140 valence electrons. The second-order valence-corrected chi connectivity index (χ2v) is 6.75. The van der Waals surface area contributed by atoms with E-state index in [4.69, 9.17) is 9.47 Å². The van der Waals surface area contributed by atoms with Crippen molar-refractivity contribution in [2.75, 3.05) is 6.54 Å². The molecule has 2 aliphatic rings. The molecule has 1 atom stereocenters. The highest BCUT2D eigenvalue weighted by atomic mass is 19.1. The van der Waals surface area contributed by atoms with Crippen LogP contribution in [-0.2, 0) is 15.9 Å². The van der Waals surface area contributed by atoms with E-state index in [0.29, 0.717) is 0 Å². The highest BCUT2D eigenvalue weighted by Gasteiger charge is 2.22. The maximum Gasteiger partial charge on any atom is 0.159 e. The number of H-pyrrole nitrogens is 1. The minimum atomic E-state index is -0.201. The van der Waals surface area contributed by atoms with Gasteiger partial charge in [0.1, 0.15) is 24.6 Å². The van der Waals surface area contributed by atoms with E-state index < -0.39 is 0 Å². The molecular weight excluding hydrogens is 343 g/mol. The fourth-order valence-electron chi connectivity index (χ4n) is 3.57. The average molecular weight is 366 g/mol. The van der Waals surface area contributed by atoms with Crippen LogP contribution in [0.25, 0.3) is 10.9 Å². The molecule has 27 heavy (non-hydrogen) atoms. The molecule has 2 aromatic rings. The first-order valence-corrected chi connectivity index (χ1v) is 9.33. The molecule has 4 nitrogen and oxygen atoms in total. The lowest BCUT2D eigenvalue weighted by molar-refractivity contribution is 0.233. The Morgan fingerprint density at radius 2 is 2.22 bits per heavy atom. The first-order valence-electron chi connectivity index (χ1n) is 9.33. The number of halogens is 1. The van der Waals surface area contributed by atoms with Crippen molar-refractivity contribution in [3.05, 3.63) is 84.1 Å². The van der Waals surface area contributed by atoms with Crippen LogP contribution in [0, 0.1) is 5.82 Å². The van der Waals surface area contributed by atoms with Gasteiger partial charge >= 0.3 is 0 Å². The number of fused-ring (bicyclic) bond motifs is 1. The monoisotopic (exact) mass is 366 g/mol. The standard InChI is InChI=1S/C22H23FN2O2/c23-18-8-9-20-19(13-18)17(14-25-20)7-4-10-24-22(16-5-2-1-3-6-16)21-15-26-11-12-27-21/h1-2,5,8-9,11-15,22,24-25H,3-4,6-7,10H2. The number of hydrogen-bond donors (Lipinski definition) is 2. The van der Waals surface area contributed by atoms with Crippen molar-refractivity contribution >= 4 is 10.9 Å². The number of ether oxygens (including phenoxy) is 2. The summed E-state index contributed by atoms with van der Waals surface area (Å²) in [4.78, 5) is 3.21. The highest BCUT2D eigenvalue weighted by Crippen LogP contribution is 2.24. The van der Waals surface area contributed by atoms with Crippen LogP contribution in [0.15, 0.2) is 72.7 Å². The van der Waals surface area contributed by atoms with Crippen molar-refractivity contribution < 1.29 is 13.9 Å². The van der Waals surface area contributed by atoms with Gasteiger partial charge in [-0.15, -0.1) is 0 Å². The third-order valence-electron chi connectivity index (χ3n) is 4.92. The van der Waals surface area contributed by atoms with Crippen molar-refractivity contribution in [1.29, 1.82) is 0 Å². The molecule has 1 aliphatic heterocycles. The molecule has 1 aromatic carbocycles. The number of aromatic amines is 1. The van der Waals surface area contributed by atoms with Gasteiger partial charge in [-0.3, -0.25) is 0 Å². The van der Waals surface area contributed by atoms with E-state index in [1.807, 2.05) is 6.20 Å². The summed E-state index contributed by atoms with van der Waals surface area (Å²) in [5.41, 5.74) is 3.40. The zero-order valence-electron chi connectivity index (χ0n) is 15.1. The molecule has 0 amide bonds. The number of rotatable bonds is 7. The van der Waals surface area contributed by atoms with Crippen molar-refractivity contribution in [1.82, 2.24) is 10.3 Å². The molecule has 1 unspecified atom stereocenters. The summed E-state index contributed by atoms with van der Waals surface area (Å²) in [5, 5.41) is 4.55. The summed E-state index contributed by atoms with van der Waals surface area (Å²) >= 11 is 0. The van der Waals surface area contributed by atoms with Gasteiger partial charge in [-0.2, -0.15) is 0 Å². The number of aryl methyl sites for hydroxylation is 1. The molecule has 0 spiro atoms. The second kappa shape index (κ2) is 8.27. The number of hydrogen-bond acceptors (Lipinski definition) is 3. The predicted molar refractivity (Wildman–Crippen MR) is 104 cm³/mol. The third-order valence-corrected chi connectivity index (χ3v) is 4.92. The number of nitrogens with one attached hydrogen (secondary N) is 2. The zero-order chi connectivity index (χ0) is 18.5. The van der Waals surface area contributed by atoms with Crippen molar-refractivity contribution in [3.63, 3.8) is 0 Å². The fraction of sp³-hybridized carbons (Fsp3) is 0.273. The molecule has 1 aromatic heterocycles. The maximum absolute atomic E-state index is 13.5. The Labute approximate surface area is 158 Å². The summed E-state index contributed by atoms with van der Waals surface area (Å²) in [7, 11) is 0. The molecule has 2 N–H and O–H groups in total. The van der Waals surface area contributed by atoms with Crippen LogP contribution in [0.1, 0.15) is 24.8 Å². The van der Waals surface area contributed by atoms with Crippen molar-refractivity contribution in [2.45, 2.75) is 31.7 Å². The quantitative estimate of drug-likeness (QED) is 0.690. The van der Waals surface area contributed by atoms with E-state index in [1.165, 1.54) is 17.9 Å². The van der Waals surface area contributed by atoms with E-state index >= 15 is 0 Å². The average Bonchev–Trinajstić information content (AvgIpc) is 3.11. The molecular formula is C22H23FN2O2. The van der Waals surface area contributed by atoms with E-state index in [0.717, 1.165) is 54.5 Å². The number of allylic oxidation sites excluding steroid dienone is 3. The molecule has 0 saturated heterocycles. The van der Waals surface area contributed by atoms with Gasteiger partial charge < -0.3 is 19.8 Å². The molecule has 0 fully saturated rings. The van der Waals surface area contributed by atoms with Crippen molar-refractivity contribution in [2.24, 2.45) is 0 Å². The van der Waals surface area contributed by atoms with E-state index in [-0.39, 0.29) is 11.9 Å². The molecule has 4 rings (SSSR count). The second-order valence-electron chi connectivity index (χ2n) is 6.75. The Morgan fingerprint density at radius 3 is 3.04 bits per heavy atom. The van der Waals surface area contributed by atoms with E-state index in [9.17, 15) is 4.39 Å². The summed E-state index contributed by atoms with van der Waals surface area (Å²) in [5.74, 6) is 0.571. The van der Waals surface area contributed by atoms with Crippen LogP contribution in [0.3, 0.4) is 0 Å². The lowest BCUT2D eigenvalue weighted by atomic mass is 9.96. The van der Waals surface area contributed by atoms with Crippen LogP contribution in [0.5, 0.6) is 0 Å². The zero-order valence-corrected chi connectivity index (χ0v) is 15.1. The normalized spacial score (nSPS) is 17.2. The molecule has 5 heteroatoms. The molecule has 0 saturated carbocycles. The topological polar surface area (TPSA) is 46.3 Å². The lowest BCUT2D eigenvalue weighted by Crippen LogP contribution is -2.35. The Hall–Kier alpha value is -2.79. The van der Waals surface area contributed by atoms with E-state index in [1.54, 1.807) is 24.7 Å². The third kappa shape index (κ3) is 4.14. The lowest BCUT2D eigenvalue weighted by Gasteiger charge is -2.25. The van der Waals surface area contributed by atoms with Crippen LogP contribution >= 0.6 is 0 Å². The van der Waals surface area contributed by atoms with Gasteiger partial charge in [0, 0.05) is 17.1 Å². The van der Waals surface area contributed by atoms with Gasteiger partial charge in [-0.1, -0.05) is 18.2 Å². The molecule has 2 heterocycles. The van der Waals surface area contributed by atoms with Gasteiger partial charge in [-0.05, 0) is 61.6 Å². The predicted octanol–water partition coefficient (Wildman–Crippen LogP) is 4.83. The van der Waals surface area contributed by atoms with Crippen LogP contribution in [-0.4, -0.2) is 17.6 Å². The maximum atomic E-state index is 13.5. The Morgan fingerprint density at radius 1 is 1.26 bits per heavy atom. The first kappa shape index (κ1) is 17.6. The highest BCUT2D eigenvalue weighted by molar-refractivity contribution is 5.83. The largest absolute Gasteiger partial charge is 0.466 e. The Bertz CT molecular complexity index is 924. The van der Waals surface area contributed by atoms with E-state index in [2.05, 4.69) is 28.5 Å². The van der Waals surface area contributed by atoms with Gasteiger partial charge in [0.25, 0.3) is 0 Å². The fourth-order valence-corrected chi connectivity index (χ4v) is 3.57. The van der Waals surface area contributed by atoms with Crippen molar-refractivity contribution in [3.8, 4) is 0 Å². The SMILES string of the molecule is Fc1ccc2[nH]cc(CCCNC(C3=CC=CCC3)C3=COC=CO3)c2c1. The van der Waals surface area contributed by atoms with Gasteiger partial charge in [-0.25, -0.2) is 4.39 Å². The molecule has 1 aliphatic carbocycles. The summed E-state index contributed by atoms with van der Waals surface area (Å²) in [6.07, 6.45) is 17.0.